The van der Waals surface area contributed by atoms with E-state index in [4.69, 9.17) is 4.42 Å². The quantitative estimate of drug-likeness (QED) is 0.761. The van der Waals surface area contributed by atoms with Gasteiger partial charge in [0.05, 0.1) is 6.20 Å². The number of aliphatic hydroxyl groups excluding tert-OH is 1. The number of nitrogens with one attached hydrogen (secondary N) is 1. The molecule has 1 atom stereocenters. The van der Waals surface area contributed by atoms with E-state index < -0.39 is 6.23 Å². The van der Waals surface area contributed by atoms with Crippen molar-refractivity contribution in [3.63, 3.8) is 0 Å². The molecule has 0 spiro atoms. The van der Waals surface area contributed by atoms with Gasteiger partial charge in [0.1, 0.15) is 6.26 Å². The van der Waals surface area contributed by atoms with Crippen LogP contribution in [0, 0.1) is 0 Å². The SMILES string of the molecule is OC1Nc2ccccc2/C1=C/c1ncco1. The Kier molecular flexibility index (Phi) is 2.01. The summed E-state index contributed by atoms with van der Waals surface area (Å²) in [4.78, 5) is 4.01. The maximum Gasteiger partial charge on any atom is 0.218 e. The lowest BCUT2D eigenvalue weighted by atomic mass is 10.1. The average Bonchev–Trinajstić information content (AvgIpc) is 2.89. The van der Waals surface area contributed by atoms with Gasteiger partial charge in [0, 0.05) is 22.9 Å². The van der Waals surface area contributed by atoms with E-state index in [-0.39, 0.29) is 0 Å². The van der Waals surface area contributed by atoms with E-state index in [2.05, 4.69) is 10.3 Å². The molecule has 0 aliphatic carbocycles. The number of aromatic nitrogens is 1. The Balaban J connectivity index is 2.08. The summed E-state index contributed by atoms with van der Waals surface area (Å²) in [5, 5.41) is 12.8. The Morgan fingerprint density at radius 2 is 2.25 bits per heavy atom. The van der Waals surface area contributed by atoms with Crippen molar-refractivity contribution in [2.75, 3.05) is 5.32 Å². The van der Waals surface area contributed by atoms with E-state index >= 15 is 0 Å². The molecule has 0 saturated carbocycles. The minimum absolute atomic E-state index is 0.493. The number of hydrogen-bond acceptors (Lipinski definition) is 4. The first-order chi connectivity index (χ1) is 7.84. The number of fused-ring (bicyclic) bond motifs is 1. The maximum absolute atomic E-state index is 9.86. The Morgan fingerprint density at radius 1 is 1.38 bits per heavy atom. The Labute approximate surface area is 92.2 Å². The smallest absolute Gasteiger partial charge is 0.218 e. The highest BCUT2D eigenvalue weighted by Crippen LogP contribution is 2.34. The highest BCUT2D eigenvalue weighted by atomic mass is 16.3. The van der Waals surface area contributed by atoms with Crippen molar-refractivity contribution >= 4 is 17.3 Å². The fourth-order valence-corrected chi connectivity index (χ4v) is 1.83. The molecule has 0 fully saturated rings. The lowest BCUT2D eigenvalue weighted by molar-refractivity contribution is 0.266. The second-order valence-corrected chi connectivity index (χ2v) is 3.56. The highest BCUT2D eigenvalue weighted by Gasteiger charge is 2.23. The van der Waals surface area contributed by atoms with Gasteiger partial charge in [-0.05, 0) is 6.07 Å². The van der Waals surface area contributed by atoms with Crippen LogP contribution in [0.1, 0.15) is 11.5 Å². The van der Waals surface area contributed by atoms with Crippen LogP contribution < -0.4 is 5.32 Å². The van der Waals surface area contributed by atoms with Crippen LogP contribution in [0.2, 0.25) is 0 Å². The fourth-order valence-electron chi connectivity index (χ4n) is 1.83. The zero-order valence-corrected chi connectivity index (χ0v) is 8.42. The first-order valence-corrected chi connectivity index (χ1v) is 5.00. The molecular formula is C12H10N2O2. The van der Waals surface area contributed by atoms with Crippen molar-refractivity contribution in [2.45, 2.75) is 6.23 Å². The number of oxazole rings is 1. The molecule has 1 aliphatic heterocycles. The van der Waals surface area contributed by atoms with Gasteiger partial charge in [-0.3, -0.25) is 0 Å². The normalized spacial score (nSPS) is 20.8. The molecule has 0 bridgehead atoms. The number of benzene rings is 1. The minimum Gasteiger partial charge on any atom is -0.445 e. The van der Waals surface area contributed by atoms with Crippen molar-refractivity contribution in [1.29, 1.82) is 0 Å². The van der Waals surface area contributed by atoms with Crippen LogP contribution in [-0.4, -0.2) is 16.3 Å². The Hall–Kier alpha value is -2.07. The molecule has 2 heterocycles. The summed E-state index contributed by atoms with van der Waals surface area (Å²) in [5.41, 5.74) is 2.68. The van der Waals surface area contributed by atoms with E-state index in [0.29, 0.717) is 5.89 Å². The van der Waals surface area contributed by atoms with Crippen LogP contribution in [0.15, 0.2) is 41.1 Å². The minimum atomic E-state index is -0.704. The second kappa shape index (κ2) is 3.50. The lowest BCUT2D eigenvalue weighted by Gasteiger charge is -2.03. The number of hydrogen-bond donors (Lipinski definition) is 2. The molecule has 3 rings (SSSR count). The van der Waals surface area contributed by atoms with E-state index in [1.54, 1.807) is 12.3 Å². The molecule has 80 valence electrons. The standard InChI is InChI=1S/C12H10N2O2/c15-12-9(7-11-13-5-6-16-11)8-3-1-2-4-10(8)14-12/h1-7,12,14-15H/b9-7-. The van der Waals surface area contributed by atoms with E-state index in [9.17, 15) is 5.11 Å². The summed E-state index contributed by atoms with van der Waals surface area (Å²) in [6.45, 7) is 0. The molecule has 0 saturated heterocycles. The van der Waals surface area contributed by atoms with Crippen molar-refractivity contribution < 1.29 is 9.52 Å². The predicted molar refractivity (Wildman–Crippen MR) is 60.4 cm³/mol. The zero-order valence-electron chi connectivity index (χ0n) is 8.42. The summed E-state index contributed by atoms with van der Waals surface area (Å²) >= 11 is 0. The molecule has 1 aliphatic rings. The topological polar surface area (TPSA) is 58.3 Å². The van der Waals surface area contributed by atoms with Crippen LogP contribution in [0.3, 0.4) is 0 Å². The zero-order chi connectivity index (χ0) is 11.0. The molecule has 0 amide bonds. The number of nitrogens with zero attached hydrogens (tertiary/aromatic N) is 1. The fraction of sp³-hybridized carbons (Fsp3) is 0.0833. The largest absolute Gasteiger partial charge is 0.445 e. The van der Waals surface area contributed by atoms with E-state index in [1.165, 1.54) is 6.26 Å². The van der Waals surface area contributed by atoms with Crippen LogP contribution >= 0.6 is 0 Å². The number of rotatable bonds is 1. The summed E-state index contributed by atoms with van der Waals surface area (Å²) in [7, 11) is 0. The third-order valence-electron chi connectivity index (χ3n) is 2.56. The molecule has 1 unspecified atom stereocenters. The van der Waals surface area contributed by atoms with Gasteiger partial charge in [-0.1, -0.05) is 18.2 Å². The molecule has 2 aromatic rings. The van der Waals surface area contributed by atoms with Crippen LogP contribution in [0.25, 0.3) is 11.6 Å². The molecule has 1 aromatic carbocycles. The van der Waals surface area contributed by atoms with Gasteiger partial charge < -0.3 is 14.8 Å². The summed E-state index contributed by atoms with van der Waals surface area (Å²) in [6.07, 6.45) is 4.12. The number of para-hydroxylation sites is 1. The molecule has 1 aromatic heterocycles. The van der Waals surface area contributed by atoms with Crippen LogP contribution in [-0.2, 0) is 0 Å². The van der Waals surface area contributed by atoms with Crippen molar-refractivity contribution in [3.8, 4) is 0 Å². The highest BCUT2D eigenvalue weighted by molar-refractivity contribution is 5.92. The van der Waals surface area contributed by atoms with Gasteiger partial charge in [0.15, 0.2) is 6.23 Å². The summed E-state index contributed by atoms with van der Waals surface area (Å²) in [5.74, 6) is 0.493. The molecular weight excluding hydrogens is 204 g/mol. The maximum atomic E-state index is 9.86. The van der Waals surface area contributed by atoms with Gasteiger partial charge in [-0.15, -0.1) is 0 Å². The summed E-state index contributed by atoms with van der Waals surface area (Å²) in [6, 6.07) is 7.73. The lowest BCUT2D eigenvalue weighted by Crippen LogP contribution is -2.12. The molecule has 16 heavy (non-hydrogen) atoms. The van der Waals surface area contributed by atoms with Gasteiger partial charge in [-0.25, -0.2) is 4.98 Å². The second-order valence-electron chi connectivity index (χ2n) is 3.56. The third-order valence-corrected chi connectivity index (χ3v) is 2.56. The van der Waals surface area contributed by atoms with E-state index in [1.807, 2.05) is 24.3 Å². The molecule has 4 heteroatoms. The monoisotopic (exact) mass is 214 g/mol. The van der Waals surface area contributed by atoms with Gasteiger partial charge in [0.2, 0.25) is 5.89 Å². The number of aliphatic hydroxyl groups is 1. The van der Waals surface area contributed by atoms with Crippen LogP contribution in [0.5, 0.6) is 0 Å². The van der Waals surface area contributed by atoms with Crippen molar-refractivity contribution in [3.05, 3.63) is 48.2 Å². The third kappa shape index (κ3) is 1.40. The summed E-state index contributed by atoms with van der Waals surface area (Å²) < 4.78 is 5.13. The first kappa shape index (κ1) is 9.18. The van der Waals surface area contributed by atoms with Crippen molar-refractivity contribution in [1.82, 2.24) is 4.98 Å². The average molecular weight is 214 g/mol. The van der Waals surface area contributed by atoms with Gasteiger partial charge >= 0.3 is 0 Å². The number of anilines is 1. The van der Waals surface area contributed by atoms with E-state index in [0.717, 1.165) is 16.8 Å². The first-order valence-electron chi connectivity index (χ1n) is 5.00. The molecule has 4 nitrogen and oxygen atoms in total. The van der Waals surface area contributed by atoms with Gasteiger partial charge in [-0.2, -0.15) is 0 Å². The Bertz CT molecular complexity index is 532. The molecule has 2 N–H and O–H groups in total. The Morgan fingerprint density at radius 3 is 3.06 bits per heavy atom. The predicted octanol–water partition coefficient (Wildman–Crippen LogP) is 1.96. The van der Waals surface area contributed by atoms with Crippen molar-refractivity contribution in [2.24, 2.45) is 0 Å². The molecule has 0 radical (unpaired) electrons. The van der Waals surface area contributed by atoms with Gasteiger partial charge in [0.25, 0.3) is 0 Å². The van der Waals surface area contributed by atoms with Crippen LogP contribution in [0.4, 0.5) is 5.69 Å².